The Bertz CT molecular complexity index is 1070. The molecule has 1 saturated heterocycles. The van der Waals surface area contributed by atoms with Gasteiger partial charge in [0, 0.05) is 56.4 Å². The third-order valence-corrected chi connectivity index (χ3v) is 7.53. The van der Waals surface area contributed by atoms with Gasteiger partial charge in [-0.3, -0.25) is 4.90 Å². The van der Waals surface area contributed by atoms with Gasteiger partial charge in [-0.2, -0.15) is 0 Å². The average Bonchev–Trinajstić information content (AvgIpc) is 3.55. The molecule has 6 heteroatoms. The number of fused-ring (bicyclic) bond motifs is 2. The van der Waals surface area contributed by atoms with Crippen molar-refractivity contribution >= 4 is 29.7 Å². The fourth-order valence-corrected chi connectivity index (χ4v) is 5.85. The summed E-state index contributed by atoms with van der Waals surface area (Å²) in [6.45, 7) is 27.0. The molecule has 3 aliphatic rings. The highest BCUT2D eigenvalue weighted by atomic mass is 127. The summed E-state index contributed by atoms with van der Waals surface area (Å²) < 4.78 is 12.0. The third kappa shape index (κ3) is 8.78. The van der Waals surface area contributed by atoms with Crippen LogP contribution in [-0.2, 0) is 19.5 Å². The van der Waals surface area contributed by atoms with E-state index in [4.69, 9.17) is 9.47 Å². The monoisotopic (exact) mass is 663 g/mol. The van der Waals surface area contributed by atoms with Gasteiger partial charge in [0.05, 0.1) is 13.2 Å². The highest BCUT2D eigenvalue weighted by Gasteiger charge is 2.29. The van der Waals surface area contributed by atoms with Gasteiger partial charge in [0.1, 0.15) is 0 Å². The Balaban J connectivity index is 0.00000107. The van der Waals surface area contributed by atoms with Crippen LogP contribution in [0, 0.1) is 18.8 Å². The molecule has 3 aliphatic heterocycles. The number of hydrogen-bond donors (Lipinski definition) is 1. The predicted octanol–water partition coefficient (Wildman–Crippen LogP) is 8.29. The number of likely N-dealkylation sites (tertiary alicyclic amines) is 1. The van der Waals surface area contributed by atoms with Gasteiger partial charge in [0.25, 0.3) is 0 Å². The zero-order valence-electron chi connectivity index (χ0n) is 26.1. The van der Waals surface area contributed by atoms with E-state index < -0.39 is 0 Å². The van der Waals surface area contributed by atoms with E-state index in [9.17, 15) is 0 Å². The SMILES string of the molecule is C=C([C@@H]1CCN(Cc2cccc3c2NCC3)C1)N(Cc1cc(C)c2c(c1)OCCCO2)CC(C)C.CC.CC.I. The Labute approximate surface area is 261 Å². The highest BCUT2D eigenvalue weighted by Crippen LogP contribution is 2.36. The molecule has 2 aromatic rings. The molecule has 40 heavy (non-hydrogen) atoms. The van der Waals surface area contributed by atoms with Crippen molar-refractivity contribution in [2.24, 2.45) is 11.8 Å². The van der Waals surface area contributed by atoms with Gasteiger partial charge in [-0.1, -0.05) is 72.4 Å². The van der Waals surface area contributed by atoms with Crippen molar-refractivity contribution in [2.45, 2.75) is 80.8 Å². The summed E-state index contributed by atoms with van der Waals surface area (Å²) in [5.41, 5.74) is 7.99. The van der Waals surface area contributed by atoms with E-state index >= 15 is 0 Å². The van der Waals surface area contributed by atoms with Crippen molar-refractivity contribution in [1.82, 2.24) is 9.80 Å². The van der Waals surface area contributed by atoms with Crippen LogP contribution in [0.25, 0.3) is 0 Å². The summed E-state index contributed by atoms with van der Waals surface area (Å²) >= 11 is 0. The van der Waals surface area contributed by atoms with Crippen LogP contribution < -0.4 is 14.8 Å². The zero-order chi connectivity index (χ0) is 28.4. The maximum atomic E-state index is 6.02. The first kappa shape index (κ1) is 34.3. The molecular formula is C34H54IN3O2. The second kappa shape index (κ2) is 17.1. The molecule has 1 atom stereocenters. The highest BCUT2D eigenvalue weighted by molar-refractivity contribution is 14.0. The molecule has 0 radical (unpaired) electrons. The van der Waals surface area contributed by atoms with E-state index in [2.05, 4.69) is 72.8 Å². The first-order chi connectivity index (χ1) is 19.0. The third-order valence-electron chi connectivity index (χ3n) is 7.53. The zero-order valence-corrected chi connectivity index (χ0v) is 28.5. The molecule has 0 amide bonds. The second-order valence-corrected chi connectivity index (χ2v) is 10.9. The summed E-state index contributed by atoms with van der Waals surface area (Å²) in [6.07, 6.45) is 3.25. The van der Waals surface area contributed by atoms with Crippen molar-refractivity contribution in [2.75, 3.05) is 44.7 Å². The number of hydrogen-bond acceptors (Lipinski definition) is 5. The van der Waals surface area contributed by atoms with E-state index in [1.165, 1.54) is 34.5 Å². The number of aryl methyl sites for hydroxylation is 1. The van der Waals surface area contributed by atoms with Gasteiger partial charge in [-0.05, 0) is 60.5 Å². The van der Waals surface area contributed by atoms with Crippen LogP contribution in [0.4, 0.5) is 5.69 Å². The van der Waals surface area contributed by atoms with Crippen LogP contribution in [-0.4, -0.2) is 49.2 Å². The molecule has 3 heterocycles. The Morgan fingerprint density at radius 2 is 1.88 bits per heavy atom. The second-order valence-electron chi connectivity index (χ2n) is 10.9. The normalized spacial score (nSPS) is 17.2. The number of para-hydroxylation sites is 1. The number of rotatable bonds is 8. The van der Waals surface area contributed by atoms with Crippen molar-refractivity contribution in [3.8, 4) is 11.5 Å². The topological polar surface area (TPSA) is 37.0 Å². The number of nitrogens with zero attached hydrogens (tertiary/aromatic N) is 2. The lowest BCUT2D eigenvalue weighted by Gasteiger charge is -2.32. The van der Waals surface area contributed by atoms with Crippen LogP contribution in [0.5, 0.6) is 11.5 Å². The minimum Gasteiger partial charge on any atom is -0.490 e. The van der Waals surface area contributed by atoms with E-state index in [-0.39, 0.29) is 24.0 Å². The van der Waals surface area contributed by atoms with Crippen molar-refractivity contribution < 1.29 is 9.47 Å². The van der Waals surface area contributed by atoms with Crippen LogP contribution in [0.15, 0.2) is 42.6 Å². The molecule has 0 aromatic heterocycles. The molecule has 2 aromatic carbocycles. The number of nitrogens with one attached hydrogen (secondary N) is 1. The number of benzene rings is 2. The summed E-state index contributed by atoms with van der Waals surface area (Å²) in [6, 6.07) is 11.2. The first-order valence-electron chi connectivity index (χ1n) is 15.4. The molecule has 0 unspecified atom stereocenters. The van der Waals surface area contributed by atoms with Gasteiger partial charge in [-0.25, -0.2) is 0 Å². The molecule has 0 saturated carbocycles. The summed E-state index contributed by atoms with van der Waals surface area (Å²) in [7, 11) is 0. The summed E-state index contributed by atoms with van der Waals surface area (Å²) in [5.74, 6) is 2.88. The van der Waals surface area contributed by atoms with Gasteiger partial charge < -0.3 is 19.7 Å². The molecule has 0 spiro atoms. The van der Waals surface area contributed by atoms with Gasteiger partial charge >= 0.3 is 0 Å². The summed E-state index contributed by atoms with van der Waals surface area (Å²) in [4.78, 5) is 5.12. The largest absolute Gasteiger partial charge is 0.490 e. The maximum absolute atomic E-state index is 6.02. The minimum atomic E-state index is 0. The van der Waals surface area contributed by atoms with E-state index in [0.717, 1.165) is 82.4 Å². The number of halogens is 1. The molecule has 1 N–H and O–H groups in total. The Morgan fingerprint density at radius 1 is 1.12 bits per heavy atom. The number of ether oxygens (including phenoxy) is 2. The minimum absolute atomic E-state index is 0. The fourth-order valence-electron chi connectivity index (χ4n) is 5.85. The lowest BCUT2D eigenvalue weighted by molar-refractivity contribution is 0.256. The Kier molecular flexibility index (Phi) is 14.7. The lowest BCUT2D eigenvalue weighted by Crippen LogP contribution is -2.31. The van der Waals surface area contributed by atoms with Crippen molar-refractivity contribution in [3.05, 3.63) is 64.9 Å². The van der Waals surface area contributed by atoms with E-state index in [0.29, 0.717) is 11.8 Å². The fraction of sp³-hybridized carbons (Fsp3) is 0.588. The molecule has 0 aliphatic carbocycles. The quantitative estimate of drug-likeness (QED) is 0.288. The maximum Gasteiger partial charge on any atom is 0.164 e. The molecule has 5 rings (SSSR count). The molecule has 1 fully saturated rings. The van der Waals surface area contributed by atoms with E-state index in [1.807, 2.05) is 27.7 Å². The standard InChI is InChI=1S/C30H41N3O2.2C2H6.HI/c1-21(2)17-33(18-24-15-22(3)30-28(16-24)34-13-6-14-35-30)23(4)26-10-12-32(19-26)20-27-8-5-7-25-9-11-31-29(25)27;2*1-2;/h5,7-8,15-16,21,26,31H,4,6,9-14,17-20H2,1-3H3;2*1-2H3;1H/t26-;;;/m1.../s1. The van der Waals surface area contributed by atoms with Crippen LogP contribution in [0.3, 0.4) is 0 Å². The van der Waals surface area contributed by atoms with Crippen LogP contribution in [0.2, 0.25) is 0 Å². The average molecular weight is 664 g/mol. The predicted molar refractivity (Wildman–Crippen MR) is 181 cm³/mol. The van der Waals surface area contributed by atoms with Gasteiger partial charge in [-0.15, -0.1) is 24.0 Å². The van der Waals surface area contributed by atoms with Crippen molar-refractivity contribution in [3.63, 3.8) is 0 Å². The molecule has 0 bridgehead atoms. The lowest BCUT2D eigenvalue weighted by atomic mass is 10.0. The Morgan fingerprint density at radius 3 is 2.62 bits per heavy atom. The van der Waals surface area contributed by atoms with Crippen molar-refractivity contribution in [1.29, 1.82) is 0 Å². The Hall–Kier alpha value is -1.93. The van der Waals surface area contributed by atoms with Crippen LogP contribution >= 0.6 is 24.0 Å². The first-order valence-corrected chi connectivity index (χ1v) is 15.4. The molecule has 5 nitrogen and oxygen atoms in total. The molecule has 224 valence electrons. The molecular weight excluding hydrogens is 609 g/mol. The van der Waals surface area contributed by atoms with Crippen LogP contribution in [0.1, 0.15) is 76.6 Å². The van der Waals surface area contributed by atoms with E-state index in [1.54, 1.807) is 0 Å². The smallest absolute Gasteiger partial charge is 0.164 e. The van der Waals surface area contributed by atoms with Gasteiger partial charge in [0.2, 0.25) is 0 Å². The number of anilines is 1. The van der Waals surface area contributed by atoms with Gasteiger partial charge in [0.15, 0.2) is 11.5 Å². The summed E-state index contributed by atoms with van der Waals surface area (Å²) in [5, 5.41) is 3.60.